The Kier molecular flexibility index (Phi) is 5.53. The molecule has 1 fully saturated rings. The largest absolute Gasteiger partial charge is 0.381 e. The number of ether oxygens (including phenoxy) is 1. The zero-order valence-electron chi connectivity index (χ0n) is 15.7. The van der Waals surface area contributed by atoms with Gasteiger partial charge in [-0.05, 0) is 30.0 Å². The number of nitro benzene ring substituents is 1. The van der Waals surface area contributed by atoms with Gasteiger partial charge in [0.25, 0.3) is 5.69 Å². The molecule has 0 saturated carbocycles. The van der Waals surface area contributed by atoms with Crippen molar-refractivity contribution >= 4 is 17.3 Å². The third kappa shape index (κ3) is 4.14. The highest BCUT2D eigenvalue weighted by Gasteiger charge is 2.24. The molecular formula is C21H24N4O3. The van der Waals surface area contributed by atoms with E-state index in [4.69, 9.17) is 9.73 Å². The molecular weight excluding hydrogens is 356 g/mol. The lowest BCUT2D eigenvalue weighted by molar-refractivity contribution is -0.384. The Balaban J connectivity index is 1.52. The minimum absolute atomic E-state index is 0.0979. The van der Waals surface area contributed by atoms with E-state index in [0.717, 1.165) is 50.7 Å². The maximum Gasteiger partial charge on any atom is 0.269 e. The van der Waals surface area contributed by atoms with Crippen molar-refractivity contribution in [1.29, 1.82) is 0 Å². The number of anilines is 1. The van der Waals surface area contributed by atoms with Gasteiger partial charge in [-0.15, -0.1) is 0 Å². The van der Waals surface area contributed by atoms with Crippen molar-refractivity contribution in [3.05, 3.63) is 69.8 Å². The lowest BCUT2D eigenvalue weighted by Gasteiger charge is -2.24. The summed E-state index contributed by atoms with van der Waals surface area (Å²) >= 11 is 0. The Hall–Kier alpha value is -2.93. The summed E-state index contributed by atoms with van der Waals surface area (Å²) in [5.74, 6) is 1.36. The number of non-ortho nitro benzene ring substituents is 1. The molecule has 0 amide bonds. The Labute approximate surface area is 164 Å². The number of nitrogens with one attached hydrogen (secondary N) is 1. The second-order valence-corrected chi connectivity index (χ2v) is 7.20. The van der Waals surface area contributed by atoms with Crippen molar-refractivity contribution in [2.45, 2.75) is 19.4 Å². The van der Waals surface area contributed by atoms with E-state index in [2.05, 4.69) is 34.5 Å². The molecule has 7 nitrogen and oxygen atoms in total. The smallest absolute Gasteiger partial charge is 0.269 e. The molecule has 2 aromatic rings. The molecule has 1 N–H and O–H groups in total. The summed E-state index contributed by atoms with van der Waals surface area (Å²) in [7, 11) is 0. The average Bonchev–Trinajstić information content (AvgIpc) is 3.38. The van der Waals surface area contributed by atoms with Crippen LogP contribution in [0.5, 0.6) is 0 Å². The van der Waals surface area contributed by atoms with Crippen LogP contribution in [0.1, 0.15) is 17.5 Å². The summed E-state index contributed by atoms with van der Waals surface area (Å²) in [6.07, 6.45) is 2.07. The van der Waals surface area contributed by atoms with Crippen molar-refractivity contribution in [2.24, 2.45) is 10.9 Å². The van der Waals surface area contributed by atoms with Gasteiger partial charge in [-0.25, -0.2) is 4.99 Å². The lowest BCUT2D eigenvalue weighted by Crippen LogP contribution is -2.42. The molecule has 4 rings (SSSR count). The quantitative estimate of drug-likeness (QED) is 0.373. The van der Waals surface area contributed by atoms with Crippen molar-refractivity contribution in [3.8, 4) is 0 Å². The number of benzene rings is 2. The summed E-state index contributed by atoms with van der Waals surface area (Å²) in [5.41, 5.74) is 3.57. The predicted octanol–water partition coefficient (Wildman–Crippen LogP) is 3.14. The second-order valence-electron chi connectivity index (χ2n) is 7.20. The van der Waals surface area contributed by atoms with E-state index in [0.29, 0.717) is 12.5 Å². The number of guanidine groups is 1. The maximum atomic E-state index is 10.8. The number of rotatable bonds is 5. The Morgan fingerprint density at radius 1 is 1.25 bits per heavy atom. The van der Waals surface area contributed by atoms with Crippen LogP contribution in [-0.4, -0.2) is 37.2 Å². The molecule has 28 heavy (non-hydrogen) atoms. The van der Waals surface area contributed by atoms with Gasteiger partial charge in [0.2, 0.25) is 0 Å². The van der Waals surface area contributed by atoms with Gasteiger partial charge in [0.1, 0.15) is 0 Å². The highest BCUT2D eigenvalue weighted by molar-refractivity contribution is 5.98. The standard InChI is InChI=1S/C21H24N4O3/c26-25(27)19-7-5-16(6-8-19)13-22-21(23-14-17-10-12-28-15-17)24-11-9-18-3-1-2-4-20(18)24/h1-8,17H,9-15H2,(H,22,23). The van der Waals surface area contributed by atoms with Crippen LogP contribution >= 0.6 is 0 Å². The second kappa shape index (κ2) is 8.39. The van der Waals surface area contributed by atoms with Gasteiger partial charge < -0.3 is 15.0 Å². The molecule has 1 unspecified atom stereocenters. The van der Waals surface area contributed by atoms with Gasteiger partial charge >= 0.3 is 0 Å². The number of para-hydroxylation sites is 1. The van der Waals surface area contributed by atoms with Crippen LogP contribution in [0.2, 0.25) is 0 Å². The van der Waals surface area contributed by atoms with E-state index in [-0.39, 0.29) is 10.6 Å². The number of nitro groups is 1. The van der Waals surface area contributed by atoms with Gasteiger partial charge in [0.15, 0.2) is 5.96 Å². The molecule has 1 saturated heterocycles. The van der Waals surface area contributed by atoms with Crippen LogP contribution < -0.4 is 10.2 Å². The first-order chi connectivity index (χ1) is 13.7. The third-order valence-electron chi connectivity index (χ3n) is 5.27. The molecule has 0 aliphatic carbocycles. The fourth-order valence-electron chi connectivity index (χ4n) is 3.66. The normalized spacial score (nSPS) is 18.9. The van der Waals surface area contributed by atoms with Crippen LogP contribution in [-0.2, 0) is 17.7 Å². The first-order valence-electron chi connectivity index (χ1n) is 9.65. The molecule has 0 radical (unpaired) electrons. The minimum Gasteiger partial charge on any atom is -0.381 e. The molecule has 2 heterocycles. The third-order valence-corrected chi connectivity index (χ3v) is 5.27. The van der Waals surface area contributed by atoms with E-state index in [1.165, 1.54) is 23.4 Å². The van der Waals surface area contributed by atoms with E-state index in [9.17, 15) is 10.1 Å². The van der Waals surface area contributed by atoms with Crippen molar-refractivity contribution in [1.82, 2.24) is 5.32 Å². The topological polar surface area (TPSA) is 80.0 Å². The Morgan fingerprint density at radius 2 is 2.07 bits per heavy atom. The lowest BCUT2D eigenvalue weighted by atomic mass is 10.1. The van der Waals surface area contributed by atoms with Gasteiger partial charge in [0, 0.05) is 43.4 Å². The Morgan fingerprint density at radius 3 is 2.82 bits per heavy atom. The molecule has 1 atom stereocenters. The predicted molar refractivity (Wildman–Crippen MR) is 109 cm³/mol. The number of hydrogen-bond donors (Lipinski definition) is 1. The molecule has 146 valence electrons. The van der Waals surface area contributed by atoms with Crippen LogP contribution in [0.3, 0.4) is 0 Å². The summed E-state index contributed by atoms with van der Waals surface area (Å²) in [5, 5.41) is 14.4. The van der Waals surface area contributed by atoms with E-state index >= 15 is 0 Å². The minimum atomic E-state index is -0.384. The highest BCUT2D eigenvalue weighted by Crippen LogP contribution is 2.27. The van der Waals surface area contributed by atoms with Crippen LogP contribution in [0.25, 0.3) is 0 Å². The van der Waals surface area contributed by atoms with Gasteiger partial charge in [-0.1, -0.05) is 30.3 Å². The van der Waals surface area contributed by atoms with Crippen molar-refractivity contribution in [2.75, 3.05) is 31.2 Å². The monoisotopic (exact) mass is 380 g/mol. The number of fused-ring (bicyclic) bond motifs is 1. The summed E-state index contributed by atoms with van der Waals surface area (Å²) in [6.45, 7) is 3.82. The van der Waals surface area contributed by atoms with Gasteiger partial charge in [-0.2, -0.15) is 0 Å². The van der Waals surface area contributed by atoms with E-state index in [1.807, 2.05) is 0 Å². The first kappa shape index (κ1) is 18.4. The molecule has 2 aliphatic heterocycles. The van der Waals surface area contributed by atoms with Crippen molar-refractivity contribution in [3.63, 3.8) is 0 Å². The van der Waals surface area contributed by atoms with Crippen molar-refractivity contribution < 1.29 is 9.66 Å². The maximum absolute atomic E-state index is 10.8. The zero-order valence-corrected chi connectivity index (χ0v) is 15.7. The van der Waals surface area contributed by atoms with E-state index < -0.39 is 0 Å². The number of hydrogen-bond acceptors (Lipinski definition) is 4. The fraction of sp³-hybridized carbons (Fsp3) is 0.381. The van der Waals surface area contributed by atoms with Crippen LogP contribution in [0, 0.1) is 16.0 Å². The SMILES string of the molecule is O=[N+]([O-])c1ccc(CN=C(NCC2CCOC2)N2CCc3ccccc32)cc1. The highest BCUT2D eigenvalue weighted by atomic mass is 16.6. The molecule has 0 bridgehead atoms. The summed E-state index contributed by atoms with van der Waals surface area (Å²) < 4.78 is 5.48. The van der Waals surface area contributed by atoms with Gasteiger partial charge in [0.05, 0.1) is 18.1 Å². The number of aliphatic imine (C=N–C) groups is 1. The fourth-order valence-corrected chi connectivity index (χ4v) is 3.66. The van der Waals surface area contributed by atoms with E-state index in [1.54, 1.807) is 12.1 Å². The molecule has 2 aromatic carbocycles. The zero-order chi connectivity index (χ0) is 19.3. The first-order valence-corrected chi connectivity index (χ1v) is 9.65. The van der Waals surface area contributed by atoms with Crippen LogP contribution in [0.4, 0.5) is 11.4 Å². The number of nitrogens with zero attached hydrogens (tertiary/aromatic N) is 3. The average molecular weight is 380 g/mol. The summed E-state index contributed by atoms with van der Waals surface area (Å²) in [6, 6.07) is 15.0. The molecule has 7 heteroatoms. The molecule has 0 aromatic heterocycles. The summed E-state index contributed by atoms with van der Waals surface area (Å²) in [4.78, 5) is 17.5. The Bertz CT molecular complexity index is 860. The molecule has 0 spiro atoms. The molecule has 2 aliphatic rings. The van der Waals surface area contributed by atoms with Crippen LogP contribution in [0.15, 0.2) is 53.5 Å². The van der Waals surface area contributed by atoms with Gasteiger partial charge in [-0.3, -0.25) is 10.1 Å².